The van der Waals surface area contributed by atoms with E-state index in [-0.39, 0.29) is 0 Å². The van der Waals surface area contributed by atoms with Crippen LogP contribution in [0.2, 0.25) is 0 Å². The highest BCUT2D eigenvalue weighted by Crippen LogP contribution is 2.33. The van der Waals surface area contributed by atoms with Crippen molar-refractivity contribution in [3.8, 4) is 0 Å². The van der Waals surface area contributed by atoms with Gasteiger partial charge in [-0.3, -0.25) is 4.90 Å². The minimum absolute atomic E-state index is 0.323. The highest BCUT2D eigenvalue weighted by Gasteiger charge is 2.42. The van der Waals surface area contributed by atoms with Crippen LogP contribution in [-0.4, -0.2) is 48.8 Å². The molecule has 0 aromatic rings. The Kier molecular flexibility index (Phi) is 4.68. The van der Waals surface area contributed by atoms with E-state index in [0.717, 1.165) is 31.7 Å². The summed E-state index contributed by atoms with van der Waals surface area (Å²) in [6.45, 7) is 9.08. The molecular formula is C17H32N2O. The second kappa shape index (κ2) is 6.33. The summed E-state index contributed by atoms with van der Waals surface area (Å²) in [6, 6.07) is 1.38. The van der Waals surface area contributed by atoms with Crippen LogP contribution in [0.1, 0.15) is 58.8 Å². The van der Waals surface area contributed by atoms with E-state index in [0.29, 0.717) is 11.6 Å². The minimum Gasteiger partial charge on any atom is -0.380 e. The predicted octanol–water partition coefficient (Wildman–Crippen LogP) is 2.80. The van der Waals surface area contributed by atoms with Gasteiger partial charge in [0.25, 0.3) is 0 Å². The predicted molar refractivity (Wildman–Crippen MR) is 83.0 cm³/mol. The van der Waals surface area contributed by atoms with Gasteiger partial charge in [-0.25, -0.2) is 0 Å². The Morgan fingerprint density at radius 1 is 1.20 bits per heavy atom. The Morgan fingerprint density at radius 3 is 2.65 bits per heavy atom. The van der Waals surface area contributed by atoms with Gasteiger partial charge in [0.15, 0.2) is 0 Å². The van der Waals surface area contributed by atoms with E-state index in [1.807, 2.05) is 0 Å². The average molecular weight is 280 g/mol. The first-order valence-electron chi connectivity index (χ1n) is 8.81. The molecule has 2 saturated heterocycles. The molecule has 3 heteroatoms. The Bertz CT molecular complexity index is 310. The van der Waals surface area contributed by atoms with Crippen LogP contribution in [0.3, 0.4) is 0 Å². The molecule has 3 rings (SSSR count). The number of piperazine rings is 1. The molecule has 0 amide bonds. The maximum Gasteiger partial charge on any atom is 0.0622 e. The molecule has 3 nitrogen and oxygen atoms in total. The summed E-state index contributed by atoms with van der Waals surface area (Å²) in [5.74, 6) is 0.912. The molecule has 3 atom stereocenters. The highest BCUT2D eigenvalue weighted by molar-refractivity contribution is 5.00. The van der Waals surface area contributed by atoms with Crippen LogP contribution in [0.5, 0.6) is 0 Å². The van der Waals surface area contributed by atoms with Crippen LogP contribution in [0.25, 0.3) is 0 Å². The van der Waals surface area contributed by atoms with E-state index in [1.54, 1.807) is 0 Å². The topological polar surface area (TPSA) is 24.5 Å². The molecule has 2 aliphatic heterocycles. The molecule has 3 fully saturated rings. The quantitative estimate of drug-likeness (QED) is 0.860. The smallest absolute Gasteiger partial charge is 0.0622 e. The molecular weight excluding hydrogens is 248 g/mol. The summed E-state index contributed by atoms with van der Waals surface area (Å²) in [4.78, 5) is 2.80. The van der Waals surface area contributed by atoms with Gasteiger partial charge in [0.1, 0.15) is 0 Å². The van der Waals surface area contributed by atoms with E-state index >= 15 is 0 Å². The molecule has 0 spiro atoms. The summed E-state index contributed by atoms with van der Waals surface area (Å²) in [6.07, 6.45) is 9.68. The van der Waals surface area contributed by atoms with Crippen molar-refractivity contribution in [2.75, 3.05) is 26.3 Å². The van der Waals surface area contributed by atoms with Crippen LogP contribution in [0.4, 0.5) is 0 Å². The molecule has 0 radical (unpaired) electrons. The third-order valence-corrected chi connectivity index (χ3v) is 6.16. The van der Waals surface area contributed by atoms with Crippen LogP contribution in [-0.2, 0) is 4.74 Å². The third-order valence-electron chi connectivity index (χ3n) is 6.16. The van der Waals surface area contributed by atoms with Crippen LogP contribution < -0.4 is 5.32 Å². The van der Waals surface area contributed by atoms with E-state index in [9.17, 15) is 0 Å². The molecule has 3 aliphatic rings. The van der Waals surface area contributed by atoms with Crippen molar-refractivity contribution < 1.29 is 4.74 Å². The first kappa shape index (κ1) is 14.8. The monoisotopic (exact) mass is 280 g/mol. The van der Waals surface area contributed by atoms with Crippen molar-refractivity contribution in [2.24, 2.45) is 5.92 Å². The van der Waals surface area contributed by atoms with Crippen molar-refractivity contribution in [1.82, 2.24) is 10.2 Å². The molecule has 2 heterocycles. The van der Waals surface area contributed by atoms with Gasteiger partial charge in [0.2, 0.25) is 0 Å². The second-order valence-electron chi connectivity index (χ2n) is 7.41. The maximum absolute atomic E-state index is 5.67. The molecule has 0 bridgehead atoms. The fraction of sp³-hybridized carbons (Fsp3) is 1.00. The lowest BCUT2D eigenvalue weighted by Crippen LogP contribution is -2.67. The molecule has 1 saturated carbocycles. The SMILES string of the molecule is CCC1(C)CNC(C2CCCCC2)CN1C1CCOC1. The minimum atomic E-state index is 0.323. The Hall–Kier alpha value is -0.120. The lowest BCUT2D eigenvalue weighted by Gasteiger charge is -2.52. The van der Waals surface area contributed by atoms with E-state index < -0.39 is 0 Å². The summed E-state index contributed by atoms with van der Waals surface area (Å²) in [5.41, 5.74) is 0.323. The molecule has 20 heavy (non-hydrogen) atoms. The summed E-state index contributed by atoms with van der Waals surface area (Å²) in [5, 5.41) is 3.90. The van der Waals surface area contributed by atoms with Gasteiger partial charge in [0.05, 0.1) is 6.61 Å². The van der Waals surface area contributed by atoms with Crippen LogP contribution >= 0.6 is 0 Å². The van der Waals surface area contributed by atoms with Gasteiger partial charge in [-0.05, 0) is 38.5 Å². The Labute approximate surface area is 124 Å². The van der Waals surface area contributed by atoms with Crippen molar-refractivity contribution in [3.63, 3.8) is 0 Å². The molecule has 3 unspecified atom stereocenters. The second-order valence-corrected chi connectivity index (χ2v) is 7.41. The first-order valence-corrected chi connectivity index (χ1v) is 8.81. The fourth-order valence-corrected chi connectivity index (χ4v) is 4.49. The molecule has 0 aromatic heterocycles. The molecule has 0 aromatic carbocycles. The largest absolute Gasteiger partial charge is 0.380 e. The van der Waals surface area contributed by atoms with Gasteiger partial charge < -0.3 is 10.1 Å². The number of hydrogen-bond acceptors (Lipinski definition) is 3. The van der Waals surface area contributed by atoms with Crippen molar-refractivity contribution in [2.45, 2.75) is 76.4 Å². The number of ether oxygens (including phenoxy) is 1. The number of rotatable bonds is 3. The molecule has 1 aliphatic carbocycles. The molecule has 1 N–H and O–H groups in total. The zero-order valence-electron chi connectivity index (χ0n) is 13.4. The summed E-state index contributed by atoms with van der Waals surface area (Å²) >= 11 is 0. The van der Waals surface area contributed by atoms with Crippen molar-refractivity contribution in [1.29, 1.82) is 0 Å². The maximum atomic E-state index is 5.67. The summed E-state index contributed by atoms with van der Waals surface area (Å²) < 4.78 is 5.67. The van der Waals surface area contributed by atoms with Crippen LogP contribution in [0.15, 0.2) is 0 Å². The van der Waals surface area contributed by atoms with Gasteiger partial charge in [-0.2, -0.15) is 0 Å². The van der Waals surface area contributed by atoms with Gasteiger partial charge >= 0.3 is 0 Å². The van der Waals surface area contributed by atoms with Gasteiger partial charge in [-0.1, -0.05) is 26.2 Å². The van der Waals surface area contributed by atoms with E-state index in [4.69, 9.17) is 4.74 Å². The van der Waals surface area contributed by atoms with Crippen molar-refractivity contribution >= 4 is 0 Å². The summed E-state index contributed by atoms with van der Waals surface area (Å²) in [7, 11) is 0. The number of hydrogen-bond donors (Lipinski definition) is 1. The van der Waals surface area contributed by atoms with Gasteiger partial charge in [-0.15, -0.1) is 0 Å². The lowest BCUT2D eigenvalue weighted by molar-refractivity contribution is -0.00744. The number of nitrogens with zero attached hydrogens (tertiary/aromatic N) is 1. The number of nitrogens with one attached hydrogen (secondary N) is 1. The first-order chi connectivity index (χ1) is 9.73. The third kappa shape index (κ3) is 2.90. The van der Waals surface area contributed by atoms with E-state index in [2.05, 4.69) is 24.1 Å². The fourth-order valence-electron chi connectivity index (χ4n) is 4.49. The average Bonchev–Trinajstić information content (AvgIpc) is 3.02. The Morgan fingerprint density at radius 2 is 2.00 bits per heavy atom. The van der Waals surface area contributed by atoms with Crippen molar-refractivity contribution in [3.05, 3.63) is 0 Å². The highest BCUT2D eigenvalue weighted by atomic mass is 16.5. The molecule has 116 valence electrons. The Balaban J connectivity index is 1.68. The van der Waals surface area contributed by atoms with E-state index in [1.165, 1.54) is 51.5 Å². The van der Waals surface area contributed by atoms with Gasteiger partial charge in [0, 0.05) is 37.3 Å². The van der Waals surface area contributed by atoms with Crippen LogP contribution in [0, 0.1) is 5.92 Å². The standard InChI is InChI=1S/C17H32N2O/c1-3-17(2)13-18-16(14-7-5-4-6-8-14)11-19(17)15-9-10-20-12-15/h14-16,18H,3-13H2,1-2H3. The normalized spacial score (nSPS) is 41.1. The zero-order valence-corrected chi connectivity index (χ0v) is 13.4. The lowest BCUT2D eigenvalue weighted by atomic mass is 9.80. The zero-order chi connectivity index (χ0) is 14.0.